The Morgan fingerprint density at radius 3 is 2.72 bits per heavy atom. The summed E-state index contributed by atoms with van der Waals surface area (Å²) in [6.07, 6.45) is 15.1. The van der Waals surface area contributed by atoms with E-state index in [-0.39, 0.29) is 11.4 Å². The minimum absolute atomic E-state index is 0.214. The second kappa shape index (κ2) is 7.71. The first-order chi connectivity index (χ1) is 13.8. The highest BCUT2D eigenvalue weighted by atomic mass is 16.5. The van der Waals surface area contributed by atoms with Gasteiger partial charge in [-0.25, -0.2) is 4.79 Å². The Hall–Kier alpha value is -1.38. The molecule has 4 aliphatic rings. The van der Waals surface area contributed by atoms with E-state index in [2.05, 4.69) is 26.8 Å². The van der Waals surface area contributed by atoms with Crippen molar-refractivity contribution in [3.05, 3.63) is 23.8 Å². The Morgan fingerprint density at radius 1 is 1.17 bits per heavy atom. The average molecular weight is 399 g/mol. The molecule has 0 N–H and O–H groups in total. The summed E-state index contributed by atoms with van der Waals surface area (Å²) in [5.74, 6) is 3.53. The summed E-state index contributed by atoms with van der Waals surface area (Å²) in [6.45, 7) is 9.57. The van der Waals surface area contributed by atoms with Crippen LogP contribution in [0.1, 0.15) is 79.1 Å². The molecule has 4 aliphatic carbocycles. The zero-order valence-electron chi connectivity index (χ0n) is 18.7. The van der Waals surface area contributed by atoms with Crippen molar-refractivity contribution < 1.29 is 14.3 Å². The smallest absolute Gasteiger partial charge is 0.330 e. The summed E-state index contributed by atoms with van der Waals surface area (Å²) in [5, 5.41) is 0. The molecule has 3 fully saturated rings. The molecule has 29 heavy (non-hydrogen) atoms. The van der Waals surface area contributed by atoms with Crippen LogP contribution in [-0.4, -0.2) is 18.4 Å². The summed E-state index contributed by atoms with van der Waals surface area (Å²) < 4.78 is 5.07. The zero-order chi connectivity index (χ0) is 20.8. The van der Waals surface area contributed by atoms with Crippen LogP contribution in [-0.2, 0) is 14.3 Å². The fourth-order valence-electron chi connectivity index (χ4n) is 8.02. The number of fused-ring (bicyclic) bond motifs is 5. The molecule has 0 aliphatic heterocycles. The van der Waals surface area contributed by atoms with Crippen LogP contribution in [0.2, 0.25) is 0 Å². The maximum Gasteiger partial charge on any atom is 0.330 e. The Balaban J connectivity index is 1.52. The van der Waals surface area contributed by atoms with Crippen LogP contribution < -0.4 is 0 Å². The quantitative estimate of drug-likeness (QED) is 0.438. The average Bonchev–Trinajstić information content (AvgIpc) is 3.04. The first kappa shape index (κ1) is 20.9. The summed E-state index contributed by atoms with van der Waals surface area (Å²) in [4.78, 5) is 23.8. The lowest BCUT2D eigenvalue weighted by Gasteiger charge is -2.58. The molecule has 7 atom stereocenters. The van der Waals surface area contributed by atoms with Gasteiger partial charge in [-0.05, 0) is 98.4 Å². The van der Waals surface area contributed by atoms with Crippen LogP contribution in [0.4, 0.5) is 0 Å². The fraction of sp³-hybridized carbons (Fsp3) is 0.769. The van der Waals surface area contributed by atoms with Crippen LogP contribution in [0.15, 0.2) is 23.8 Å². The highest BCUT2D eigenvalue weighted by Gasteiger charge is 2.59. The predicted octanol–water partition coefficient (Wildman–Crippen LogP) is 5.89. The third kappa shape index (κ3) is 3.43. The number of hydrogen-bond acceptors (Lipinski definition) is 3. The molecule has 0 aromatic carbocycles. The molecule has 0 aromatic heterocycles. The first-order valence-electron chi connectivity index (χ1n) is 11.9. The number of esters is 1. The number of ketones is 1. The van der Waals surface area contributed by atoms with Crippen molar-refractivity contribution in [1.29, 1.82) is 0 Å². The van der Waals surface area contributed by atoms with E-state index in [9.17, 15) is 9.59 Å². The van der Waals surface area contributed by atoms with Gasteiger partial charge in [-0.3, -0.25) is 4.79 Å². The summed E-state index contributed by atoms with van der Waals surface area (Å²) in [5.41, 5.74) is 2.09. The van der Waals surface area contributed by atoms with E-state index < -0.39 is 0 Å². The van der Waals surface area contributed by atoms with E-state index in [1.807, 2.05) is 13.0 Å². The monoisotopic (exact) mass is 398 g/mol. The van der Waals surface area contributed by atoms with E-state index >= 15 is 0 Å². The number of carbonyl (C=O) groups excluding carboxylic acids is 2. The van der Waals surface area contributed by atoms with Gasteiger partial charge in [0.05, 0.1) is 6.61 Å². The van der Waals surface area contributed by atoms with E-state index in [1.54, 1.807) is 6.08 Å². The molecule has 0 spiro atoms. The standard InChI is InChI=1S/C26H38O3/c1-5-29-24(28)11-6-17(2)21-9-10-22-20-8-7-18-16-19(27)12-14-25(18,3)23(20)13-15-26(21,22)4/h6,11,16-17,20-23H,5,7-10,12-15H2,1-4H3/b11-6+/t17-,20?,21-,22?,23?,25+,26-/m1/s1. The fourth-order valence-corrected chi connectivity index (χ4v) is 8.02. The molecule has 0 aromatic rings. The van der Waals surface area contributed by atoms with Gasteiger partial charge in [-0.1, -0.05) is 32.4 Å². The second-order valence-corrected chi connectivity index (χ2v) is 10.7. The third-order valence-corrected chi connectivity index (χ3v) is 9.49. The van der Waals surface area contributed by atoms with Crippen molar-refractivity contribution in [2.24, 2.45) is 40.4 Å². The zero-order valence-corrected chi connectivity index (χ0v) is 18.7. The molecular formula is C26H38O3. The van der Waals surface area contributed by atoms with Crippen LogP contribution in [0.3, 0.4) is 0 Å². The Bertz CT molecular complexity index is 734. The maximum absolute atomic E-state index is 12.0. The molecule has 3 unspecified atom stereocenters. The largest absolute Gasteiger partial charge is 0.463 e. The molecule has 0 saturated heterocycles. The molecule has 3 nitrogen and oxygen atoms in total. The number of carbonyl (C=O) groups is 2. The van der Waals surface area contributed by atoms with Gasteiger partial charge in [0.1, 0.15) is 0 Å². The summed E-state index contributed by atoms with van der Waals surface area (Å²) in [6, 6.07) is 0. The minimum atomic E-state index is -0.214. The van der Waals surface area contributed by atoms with Crippen LogP contribution in [0.5, 0.6) is 0 Å². The molecule has 0 heterocycles. The lowest BCUT2D eigenvalue weighted by Crippen LogP contribution is -2.50. The van der Waals surface area contributed by atoms with Gasteiger partial charge in [-0.2, -0.15) is 0 Å². The maximum atomic E-state index is 12.0. The van der Waals surface area contributed by atoms with Crippen LogP contribution >= 0.6 is 0 Å². The highest BCUT2D eigenvalue weighted by molar-refractivity contribution is 5.91. The molecular weight excluding hydrogens is 360 g/mol. The number of ether oxygens (including phenoxy) is 1. The topological polar surface area (TPSA) is 43.4 Å². The van der Waals surface area contributed by atoms with Crippen molar-refractivity contribution >= 4 is 11.8 Å². The highest BCUT2D eigenvalue weighted by Crippen LogP contribution is 2.67. The van der Waals surface area contributed by atoms with E-state index in [1.165, 1.54) is 37.7 Å². The normalized spacial score (nSPS) is 42.6. The van der Waals surface area contributed by atoms with Crippen molar-refractivity contribution in [3.63, 3.8) is 0 Å². The van der Waals surface area contributed by atoms with E-state index in [0.29, 0.717) is 29.6 Å². The Morgan fingerprint density at radius 2 is 1.97 bits per heavy atom. The predicted molar refractivity (Wildman–Crippen MR) is 115 cm³/mol. The Labute approximate surface area is 176 Å². The van der Waals surface area contributed by atoms with Gasteiger partial charge in [0.15, 0.2) is 5.78 Å². The van der Waals surface area contributed by atoms with Crippen molar-refractivity contribution in [3.8, 4) is 0 Å². The summed E-state index contributed by atoms with van der Waals surface area (Å²) >= 11 is 0. The van der Waals surface area contributed by atoms with Crippen LogP contribution in [0, 0.1) is 40.4 Å². The SMILES string of the molecule is CCOC(=O)/C=C/[C@@H](C)[C@H]1CCC2C3CCC4=CC(=O)CC[C@]4(C)C3CC[C@@]21C. The molecule has 4 rings (SSSR count). The molecule has 0 bridgehead atoms. The van der Waals surface area contributed by atoms with Gasteiger partial charge in [0, 0.05) is 12.5 Å². The number of hydrogen-bond donors (Lipinski definition) is 0. The molecule has 0 radical (unpaired) electrons. The Kier molecular flexibility index (Phi) is 5.55. The molecule has 3 heteroatoms. The number of allylic oxidation sites excluding steroid dienone is 2. The van der Waals surface area contributed by atoms with Gasteiger partial charge >= 0.3 is 5.97 Å². The van der Waals surface area contributed by atoms with Crippen LogP contribution in [0.25, 0.3) is 0 Å². The molecule has 0 amide bonds. The molecule has 160 valence electrons. The van der Waals surface area contributed by atoms with Crippen molar-refractivity contribution in [2.75, 3.05) is 6.61 Å². The van der Waals surface area contributed by atoms with Gasteiger partial charge in [0.25, 0.3) is 0 Å². The third-order valence-electron chi connectivity index (χ3n) is 9.49. The van der Waals surface area contributed by atoms with Gasteiger partial charge < -0.3 is 4.74 Å². The van der Waals surface area contributed by atoms with Crippen molar-refractivity contribution in [2.45, 2.75) is 79.1 Å². The minimum Gasteiger partial charge on any atom is -0.463 e. The summed E-state index contributed by atoms with van der Waals surface area (Å²) in [7, 11) is 0. The lowest BCUT2D eigenvalue weighted by atomic mass is 9.46. The van der Waals surface area contributed by atoms with Crippen molar-refractivity contribution in [1.82, 2.24) is 0 Å². The second-order valence-electron chi connectivity index (χ2n) is 10.7. The van der Waals surface area contributed by atoms with E-state index in [4.69, 9.17) is 4.74 Å². The van der Waals surface area contributed by atoms with Gasteiger partial charge in [0.2, 0.25) is 0 Å². The van der Waals surface area contributed by atoms with Gasteiger partial charge in [-0.15, -0.1) is 0 Å². The van der Waals surface area contributed by atoms with E-state index in [0.717, 1.165) is 37.0 Å². The first-order valence-corrected chi connectivity index (χ1v) is 11.9. The number of rotatable bonds is 4. The lowest BCUT2D eigenvalue weighted by molar-refractivity contribution is -0.137. The molecule has 3 saturated carbocycles.